The van der Waals surface area contributed by atoms with Crippen LogP contribution in [0.25, 0.3) is 0 Å². The first kappa shape index (κ1) is 9.83. The Bertz CT molecular complexity index is 206. The van der Waals surface area contributed by atoms with Crippen LogP contribution >= 0.6 is 0 Å². The van der Waals surface area contributed by atoms with E-state index >= 15 is 0 Å². The van der Waals surface area contributed by atoms with E-state index in [1.807, 2.05) is 0 Å². The van der Waals surface area contributed by atoms with Gasteiger partial charge in [-0.1, -0.05) is 0 Å². The Hall–Kier alpha value is -1.26. The number of urea groups is 1. The summed E-state index contributed by atoms with van der Waals surface area (Å²) in [6.45, 7) is 2.11. The normalized spacial score (nSPS) is 16.0. The molecule has 2 amide bonds. The number of aliphatic carboxylic acids is 1. The second-order valence-electron chi connectivity index (χ2n) is 3.07. The first-order valence-electron chi connectivity index (χ1n) is 4.45. The van der Waals surface area contributed by atoms with Gasteiger partial charge in [-0.25, -0.2) is 4.79 Å². The van der Waals surface area contributed by atoms with Gasteiger partial charge in [-0.05, 0) is 12.8 Å². The zero-order valence-electron chi connectivity index (χ0n) is 7.45. The lowest BCUT2D eigenvalue weighted by Gasteiger charge is -2.12. The molecule has 0 aromatic rings. The fraction of sp³-hybridized carbons (Fsp3) is 0.750. The van der Waals surface area contributed by atoms with Crippen molar-refractivity contribution in [2.24, 2.45) is 0 Å². The molecule has 74 valence electrons. The highest BCUT2D eigenvalue weighted by Gasteiger charge is 2.18. The van der Waals surface area contributed by atoms with Gasteiger partial charge in [-0.2, -0.15) is 0 Å². The number of unbranched alkanes of at least 4 members (excludes halogenated alkanes) is 1. The van der Waals surface area contributed by atoms with Gasteiger partial charge in [-0.3, -0.25) is 4.79 Å². The van der Waals surface area contributed by atoms with Gasteiger partial charge in [0.25, 0.3) is 0 Å². The Kier molecular flexibility index (Phi) is 3.54. The van der Waals surface area contributed by atoms with Crippen molar-refractivity contribution in [2.45, 2.75) is 19.3 Å². The van der Waals surface area contributed by atoms with Crippen molar-refractivity contribution in [1.82, 2.24) is 10.2 Å². The van der Waals surface area contributed by atoms with E-state index in [0.717, 1.165) is 13.0 Å². The Balaban J connectivity index is 2.05. The van der Waals surface area contributed by atoms with Crippen molar-refractivity contribution in [3.8, 4) is 0 Å². The predicted octanol–water partition coefficient (Wildman–Crippen LogP) is 0.267. The minimum absolute atomic E-state index is 0.0321. The molecule has 0 atom stereocenters. The van der Waals surface area contributed by atoms with Gasteiger partial charge in [0, 0.05) is 26.1 Å². The van der Waals surface area contributed by atoms with Gasteiger partial charge in [0.1, 0.15) is 0 Å². The number of rotatable bonds is 5. The molecule has 1 saturated heterocycles. The number of carboxylic acids is 1. The van der Waals surface area contributed by atoms with Gasteiger partial charge < -0.3 is 15.3 Å². The quantitative estimate of drug-likeness (QED) is 0.605. The van der Waals surface area contributed by atoms with E-state index in [9.17, 15) is 9.59 Å². The van der Waals surface area contributed by atoms with Crippen molar-refractivity contribution in [2.75, 3.05) is 19.6 Å². The third-order valence-electron chi connectivity index (χ3n) is 2.01. The number of hydrogen-bond donors (Lipinski definition) is 2. The molecule has 1 aliphatic heterocycles. The largest absolute Gasteiger partial charge is 0.481 e. The maximum atomic E-state index is 11.0. The second-order valence-corrected chi connectivity index (χ2v) is 3.07. The maximum absolute atomic E-state index is 11.0. The first-order chi connectivity index (χ1) is 6.20. The summed E-state index contributed by atoms with van der Waals surface area (Å²) in [7, 11) is 0. The first-order valence-corrected chi connectivity index (χ1v) is 4.45. The van der Waals surface area contributed by atoms with Gasteiger partial charge in [0.05, 0.1) is 0 Å². The monoisotopic (exact) mass is 186 g/mol. The van der Waals surface area contributed by atoms with E-state index in [2.05, 4.69) is 5.32 Å². The molecule has 1 fully saturated rings. The molecule has 0 aromatic carbocycles. The Labute approximate surface area is 76.7 Å². The molecule has 0 spiro atoms. The van der Waals surface area contributed by atoms with E-state index in [1.165, 1.54) is 0 Å². The van der Waals surface area contributed by atoms with Crippen molar-refractivity contribution in [3.63, 3.8) is 0 Å². The topological polar surface area (TPSA) is 69.6 Å². The van der Waals surface area contributed by atoms with E-state index in [1.54, 1.807) is 4.90 Å². The summed E-state index contributed by atoms with van der Waals surface area (Å²) >= 11 is 0. The lowest BCUT2D eigenvalue weighted by atomic mass is 10.2. The number of nitrogens with one attached hydrogen (secondary N) is 1. The lowest BCUT2D eigenvalue weighted by Crippen LogP contribution is -2.29. The van der Waals surface area contributed by atoms with Crippen LogP contribution in [-0.4, -0.2) is 41.6 Å². The van der Waals surface area contributed by atoms with Gasteiger partial charge in [0.15, 0.2) is 0 Å². The van der Waals surface area contributed by atoms with Crippen LogP contribution in [0.5, 0.6) is 0 Å². The minimum Gasteiger partial charge on any atom is -0.481 e. The van der Waals surface area contributed by atoms with Crippen molar-refractivity contribution < 1.29 is 14.7 Å². The van der Waals surface area contributed by atoms with Crippen LogP contribution in [0.3, 0.4) is 0 Å². The van der Waals surface area contributed by atoms with E-state index in [4.69, 9.17) is 5.11 Å². The summed E-state index contributed by atoms with van der Waals surface area (Å²) < 4.78 is 0. The van der Waals surface area contributed by atoms with Crippen LogP contribution in [0.2, 0.25) is 0 Å². The third-order valence-corrected chi connectivity index (χ3v) is 2.01. The van der Waals surface area contributed by atoms with Crippen LogP contribution in [0.15, 0.2) is 0 Å². The maximum Gasteiger partial charge on any atom is 0.317 e. The number of carbonyl (C=O) groups excluding carboxylic acids is 1. The molecule has 0 aliphatic carbocycles. The van der Waals surface area contributed by atoms with E-state index in [0.29, 0.717) is 19.5 Å². The van der Waals surface area contributed by atoms with Gasteiger partial charge in [-0.15, -0.1) is 0 Å². The number of carbonyl (C=O) groups is 2. The molecule has 5 heteroatoms. The minimum atomic E-state index is -0.772. The SMILES string of the molecule is O=C(O)CCCCN1CCNC1=O. The molecule has 0 saturated carbocycles. The molecule has 0 radical (unpaired) electrons. The molecule has 0 unspecified atom stereocenters. The van der Waals surface area contributed by atoms with Gasteiger partial charge in [0.2, 0.25) is 0 Å². The van der Waals surface area contributed by atoms with E-state index in [-0.39, 0.29) is 12.5 Å². The van der Waals surface area contributed by atoms with Crippen LogP contribution in [0.4, 0.5) is 4.79 Å². The standard InChI is InChI=1S/C8H14N2O3/c11-7(12)3-1-2-5-10-6-4-9-8(10)13/h1-6H2,(H,9,13)(H,11,12). The molecule has 1 rings (SSSR count). The van der Waals surface area contributed by atoms with Crippen LogP contribution in [0, 0.1) is 0 Å². The summed E-state index contributed by atoms with van der Waals surface area (Å²) in [5.41, 5.74) is 0. The fourth-order valence-corrected chi connectivity index (χ4v) is 1.30. The number of hydrogen-bond acceptors (Lipinski definition) is 2. The summed E-state index contributed by atoms with van der Waals surface area (Å²) in [5.74, 6) is -0.772. The number of carboxylic acid groups (broad SMARTS) is 1. The summed E-state index contributed by atoms with van der Waals surface area (Å²) in [6.07, 6.45) is 1.59. The molecule has 2 N–H and O–H groups in total. The van der Waals surface area contributed by atoms with Crippen molar-refractivity contribution in [3.05, 3.63) is 0 Å². The highest BCUT2D eigenvalue weighted by Crippen LogP contribution is 2.02. The molecular formula is C8H14N2O3. The summed E-state index contributed by atoms with van der Waals surface area (Å²) in [6, 6.07) is -0.0321. The predicted molar refractivity (Wildman–Crippen MR) is 46.5 cm³/mol. The van der Waals surface area contributed by atoms with Crippen LogP contribution in [-0.2, 0) is 4.79 Å². The molecule has 5 nitrogen and oxygen atoms in total. The number of nitrogens with zero attached hydrogens (tertiary/aromatic N) is 1. The average molecular weight is 186 g/mol. The smallest absolute Gasteiger partial charge is 0.317 e. The van der Waals surface area contributed by atoms with Crippen LogP contribution < -0.4 is 5.32 Å². The highest BCUT2D eigenvalue weighted by atomic mass is 16.4. The van der Waals surface area contributed by atoms with Crippen LogP contribution in [0.1, 0.15) is 19.3 Å². The fourth-order valence-electron chi connectivity index (χ4n) is 1.30. The highest BCUT2D eigenvalue weighted by molar-refractivity contribution is 5.76. The second kappa shape index (κ2) is 4.69. The van der Waals surface area contributed by atoms with E-state index < -0.39 is 5.97 Å². The summed E-state index contributed by atoms with van der Waals surface area (Å²) in [4.78, 5) is 22.9. The molecule has 0 aromatic heterocycles. The molecular weight excluding hydrogens is 172 g/mol. The molecule has 1 heterocycles. The zero-order chi connectivity index (χ0) is 9.68. The Morgan fingerprint density at radius 2 is 2.31 bits per heavy atom. The third kappa shape index (κ3) is 3.31. The van der Waals surface area contributed by atoms with Crippen molar-refractivity contribution in [1.29, 1.82) is 0 Å². The summed E-state index contributed by atoms with van der Waals surface area (Å²) in [5, 5.41) is 11.1. The Morgan fingerprint density at radius 1 is 1.54 bits per heavy atom. The number of amides is 2. The Morgan fingerprint density at radius 3 is 2.85 bits per heavy atom. The van der Waals surface area contributed by atoms with Gasteiger partial charge >= 0.3 is 12.0 Å². The molecule has 1 aliphatic rings. The zero-order valence-corrected chi connectivity index (χ0v) is 7.45. The lowest BCUT2D eigenvalue weighted by molar-refractivity contribution is -0.137. The van der Waals surface area contributed by atoms with Crippen molar-refractivity contribution >= 4 is 12.0 Å². The molecule has 0 bridgehead atoms. The molecule has 13 heavy (non-hydrogen) atoms. The average Bonchev–Trinajstić information content (AvgIpc) is 2.45.